The minimum atomic E-state index is -0.271. The van der Waals surface area contributed by atoms with Crippen molar-refractivity contribution in [3.63, 3.8) is 0 Å². The van der Waals surface area contributed by atoms with Crippen LogP contribution in [0.2, 0.25) is 0 Å². The fraction of sp³-hybridized carbons (Fsp3) is 0.533. The van der Waals surface area contributed by atoms with Crippen LogP contribution >= 0.6 is 24.8 Å². The molecule has 0 radical (unpaired) electrons. The first-order valence-corrected chi connectivity index (χ1v) is 7.14. The van der Waals surface area contributed by atoms with E-state index in [1.54, 1.807) is 11.0 Å². The molecule has 1 fully saturated rings. The highest BCUT2D eigenvalue weighted by atomic mass is 35.5. The van der Waals surface area contributed by atoms with Gasteiger partial charge in [-0.15, -0.1) is 24.8 Å². The van der Waals surface area contributed by atoms with Crippen molar-refractivity contribution in [2.75, 3.05) is 29.9 Å². The van der Waals surface area contributed by atoms with Crippen LogP contribution in [0.25, 0.3) is 0 Å². The SMILES string of the molecule is CN1CCN(C(=O)C2CCC(N)C2)c2ccc(F)cc21.Cl.Cl. The quantitative estimate of drug-likeness (QED) is 0.847. The Labute approximate surface area is 142 Å². The summed E-state index contributed by atoms with van der Waals surface area (Å²) in [7, 11) is 1.92. The summed E-state index contributed by atoms with van der Waals surface area (Å²) in [6, 6.07) is 4.75. The minimum Gasteiger partial charge on any atom is -0.371 e. The Morgan fingerprint density at radius 1 is 1.23 bits per heavy atom. The fourth-order valence-corrected chi connectivity index (χ4v) is 3.21. The number of hydrogen-bond donors (Lipinski definition) is 1. The predicted molar refractivity (Wildman–Crippen MR) is 91.8 cm³/mol. The van der Waals surface area contributed by atoms with Crippen LogP contribution in [-0.2, 0) is 4.79 Å². The van der Waals surface area contributed by atoms with E-state index in [2.05, 4.69) is 0 Å². The molecule has 0 spiro atoms. The molecular weight excluding hydrogens is 328 g/mol. The second kappa shape index (κ2) is 7.49. The molecule has 0 bridgehead atoms. The topological polar surface area (TPSA) is 49.6 Å². The van der Waals surface area contributed by atoms with Crippen molar-refractivity contribution >= 4 is 42.1 Å². The van der Waals surface area contributed by atoms with Gasteiger partial charge in [0.2, 0.25) is 5.91 Å². The van der Waals surface area contributed by atoms with Crippen LogP contribution in [0, 0.1) is 11.7 Å². The maximum Gasteiger partial charge on any atom is 0.230 e. The molecule has 22 heavy (non-hydrogen) atoms. The number of carbonyl (C=O) groups excluding carboxylic acids is 1. The summed E-state index contributed by atoms with van der Waals surface area (Å²) in [4.78, 5) is 16.5. The summed E-state index contributed by atoms with van der Waals surface area (Å²) in [6.07, 6.45) is 2.55. The first kappa shape index (κ1) is 19.0. The minimum absolute atomic E-state index is 0. The van der Waals surface area contributed by atoms with Gasteiger partial charge in [0.15, 0.2) is 0 Å². The highest BCUT2D eigenvalue weighted by Crippen LogP contribution is 2.35. The lowest BCUT2D eigenvalue weighted by Gasteiger charge is -2.36. The third-order valence-corrected chi connectivity index (χ3v) is 4.39. The van der Waals surface area contributed by atoms with E-state index in [0.717, 1.165) is 37.2 Å². The fourth-order valence-electron chi connectivity index (χ4n) is 3.21. The van der Waals surface area contributed by atoms with Crippen LogP contribution < -0.4 is 15.5 Å². The molecule has 4 nitrogen and oxygen atoms in total. The molecule has 1 heterocycles. The molecule has 7 heteroatoms. The summed E-state index contributed by atoms with van der Waals surface area (Å²) in [6.45, 7) is 1.38. The van der Waals surface area contributed by atoms with Crippen LogP contribution in [0.1, 0.15) is 19.3 Å². The number of rotatable bonds is 1. The molecule has 3 rings (SSSR count). The van der Waals surface area contributed by atoms with Crippen molar-refractivity contribution in [2.24, 2.45) is 11.7 Å². The van der Waals surface area contributed by atoms with Gasteiger partial charge < -0.3 is 15.5 Å². The van der Waals surface area contributed by atoms with E-state index >= 15 is 0 Å². The Hall–Kier alpha value is -1.04. The van der Waals surface area contributed by atoms with Crippen molar-refractivity contribution < 1.29 is 9.18 Å². The molecule has 2 aliphatic rings. The predicted octanol–water partition coefficient (Wildman–Crippen LogP) is 2.58. The number of benzene rings is 1. The molecule has 1 aliphatic heterocycles. The van der Waals surface area contributed by atoms with Crippen molar-refractivity contribution in [2.45, 2.75) is 25.3 Å². The highest BCUT2D eigenvalue weighted by molar-refractivity contribution is 5.99. The van der Waals surface area contributed by atoms with Gasteiger partial charge in [-0.05, 0) is 37.5 Å². The van der Waals surface area contributed by atoms with Crippen LogP contribution in [0.4, 0.5) is 15.8 Å². The Kier molecular flexibility index (Phi) is 6.47. The lowest BCUT2D eigenvalue weighted by Crippen LogP contribution is -2.45. The van der Waals surface area contributed by atoms with E-state index in [-0.39, 0.29) is 48.5 Å². The second-order valence-electron chi connectivity index (χ2n) is 5.81. The second-order valence-corrected chi connectivity index (χ2v) is 5.81. The van der Waals surface area contributed by atoms with E-state index < -0.39 is 0 Å². The van der Waals surface area contributed by atoms with Crippen molar-refractivity contribution in [1.82, 2.24) is 0 Å². The van der Waals surface area contributed by atoms with E-state index in [1.165, 1.54) is 12.1 Å². The number of anilines is 2. The summed E-state index contributed by atoms with van der Waals surface area (Å²) in [5.41, 5.74) is 7.50. The van der Waals surface area contributed by atoms with Crippen molar-refractivity contribution in [3.8, 4) is 0 Å². The number of likely N-dealkylation sites (N-methyl/N-ethyl adjacent to an activating group) is 1. The average molecular weight is 350 g/mol. The lowest BCUT2D eigenvalue weighted by atomic mass is 10.0. The highest BCUT2D eigenvalue weighted by Gasteiger charge is 2.34. The molecule has 1 amide bonds. The largest absolute Gasteiger partial charge is 0.371 e. The number of nitrogens with zero attached hydrogens (tertiary/aromatic N) is 2. The van der Waals surface area contributed by atoms with E-state index in [0.29, 0.717) is 6.54 Å². The maximum atomic E-state index is 13.4. The molecule has 0 saturated heterocycles. The normalized spacial score (nSPS) is 23.4. The molecule has 124 valence electrons. The number of nitrogens with two attached hydrogens (primary N) is 1. The third-order valence-electron chi connectivity index (χ3n) is 4.39. The molecule has 1 aromatic carbocycles. The van der Waals surface area contributed by atoms with Gasteiger partial charge in [-0.1, -0.05) is 0 Å². The molecule has 2 atom stereocenters. The maximum absolute atomic E-state index is 13.4. The number of hydrogen-bond acceptors (Lipinski definition) is 3. The van der Waals surface area contributed by atoms with Crippen LogP contribution in [-0.4, -0.2) is 32.1 Å². The summed E-state index contributed by atoms with van der Waals surface area (Å²) in [5.74, 6) is -0.113. The van der Waals surface area contributed by atoms with E-state index in [4.69, 9.17) is 5.73 Å². The molecule has 2 unspecified atom stereocenters. The third kappa shape index (κ3) is 3.47. The van der Waals surface area contributed by atoms with Gasteiger partial charge in [0.1, 0.15) is 5.82 Å². The zero-order chi connectivity index (χ0) is 14.3. The van der Waals surface area contributed by atoms with E-state index in [9.17, 15) is 9.18 Å². The van der Waals surface area contributed by atoms with Gasteiger partial charge in [-0.25, -0.2) is 4.39 Å². The molecule has 0 aromatic heterocycles. The smallest absolute Gasteiger partial charge is 0.230 e. The number of fused-ring (bicyclic) bond motifs is 1. The first-order valence-electron chi connectivity index (χ1n) is 7.14. The molecule has 1 aromatic rings. The average Bonchev–Trinajstić information content (AvgIpc) is 2.86. The first-order chi connectivity index (χ1) is 9.56. The summed E-state index contributed by atoms with van der Waals surface area (Å²) >= 11 is 0. The Bertz CT molecular complexity index is 544. The lowest BCUT2D eigenvalue weighted by molar-refractivity contribution is -0.122. The van der Waals surface area contributed by atoms with Crippen molar-refractivity contribution in [1.29, 1.82) is 0 Å². The van der Waals surface area contributed by atoms with Crippen LogP contribution in [0.5, 0.6) is 0 Å². The van der Waals surface area contributed by atoms with Crippen molar-refractivity contribution in [3.05, 3.63) is 24.0 Å². The van der Waals surface area contributed by atoms with Crippen LogP contribution in [0.15, 0.2) is 18.2 Å². The number of amides is 1. The standard InChI is InChI=1S/C15H20FN3O.2ClH/c1-18-6-7-19(13-5-3-11(16)9-14(13)18)15(20)10-2-4-12(17)8-10;;/h3,5,9-10,12H,2,4,6-8,17H2,1H3;2*1H. The number of carbonyl (C=O) groups is 1. The van der Waals surface area contributed by atoms with Gasteiger partial charge >= 0.3 is 0 Å². The van der Waals surface area contributed by atoms with Gasteiger partial charge in [-0.2, -0.15) is 0 Å². The van der Waals surface area contributed by atoms with Gasteiger partial charge in [0.05, 0.1) is 11.4 Å². The van der Waals surface area contributed by atoms with E-state index in [1.807, 2.05) is 11.9 Å². The summed E-state index contributed by atoms with van der Waals surface area (Å²) in [5, 5.41) is 0. The van der Waals surface area contributed by atoms with Gasteiger partial charge in [0.25, 0.3) is 0 Å². The summed E-state index contributed by atoms with van der Waals surface area (Å²) < 4.78 is 13.4. The van der Waals surface area contributed by atoms with Gasteiger partial charge in [-0.3, -0.25) is 4.79 Å². The van der Waals surface area contributed by atoms with Crippen LogP contribution in [0.3, 0.4) is 0 Å². The Morgan fingerprint density at radius 3 is 2.59 bits per heavy atom. The Balaban J connectivity index is 0.00000121. The monoisotopic (exact) mass is 349 g/mol. The zero-order valence-electron chi connectivity index (χ0n) is 12.5. The van der Waals surface area contributed by atoms with Gasteiger partial charge in [0, 0.05) is 32.1 Å². The Morgan fingerprint density at radius 2 is 1.95 bits per heavy atom. The molecule has 1 saturated carbocycles. The zero-order valence-corrected chi connectivity index (χ0v) is 14.1. The molecule has 2 N–H and O–H groups in total. The molecular formula is C15H22Cl2FN3O. The molecule has 1 aliphatic carbocycles. The number of halogens is 3.